The second-order valence-electron chi connectivity index (χ2n) is 25.9. The van der Waals surface area contributed by atoms with Crippen LogP contribution >= 0.6 is 0 Å². The summed E-state index contributed by atoms with van der Waals surface area (Å²) >= 11 is 0. The van der Waals surface area contributed by atoms with E-state index in [0.717, 1.165) is 51.4 Å². The summed E-state index contributed by atoms with van der Waals surface area (Å²) in [7, 11) is 5.94. The van der Waals surface area contributed by atoms with Crippen LogP contribution in [0.25, 0.3) is 0 Å². The van der Waals surface area contributed by atoms with E-state index in [2.05, 4.69) is 50.3 Å². The third kappa shape index (κ3) is 66.9. The zero-order valence-corrected chi connectivity index (χ0v) is 55.8. The number of carbonyl (C=O) groups excluding carboxylic acids is 3. The summed E-state index contributed by atoms with van der Waals surface area (Å²) in [6.07, 6.45) is 79.7. The van der Waals surface area contributed by atoms with Crippen molar-refractivity contribution in [2.75, 3.05) is 47.5 Å². The molecule has 0 aliphatic rings. The smallest absolute Gasteiger partial charge is 0.306 e. The Labute approximate surface area is 515 Å². The summed E-state index contributed by atoms with van der Waals surface area (Å²) in [4.78, 5) is 37.4. The number of carboxylic acids is 1. The van der Waals surface area contributed by atoms with Crippen LogP contribution in [0.1, 0.15) is 361 Å². The minimum Gasteiger partial charge on any atom is -0.545 e. The summed E-state index contributed by atoms with van der Waals surface area (Å²) in [6.45, 7) is 4.77. The molecule has 83 heavy (non-hydrogen) atoms. The monoisotopic (exact) mass is 1170 g/mol. The molecule has 0 aliphatic heterocycles. The molecular formula is C74H139NO8. The summed E-state index contributed by atoms with van der Waals surface area (Å²) < 4.78 is 22.8. The van der Waals surface area contributed by atoms with Crippen LogP contribution in [0.15, 0.2) is 36.5 Å². The van der Waals surface area contributed by atoms with Gasteiger partial charge in [-0.25, -0.2) is 0 Å². The van der Waals surface area contributed by atoms with E-state index < -0.39 is 24.3 Å². The fraction of sp³-hybridized carbons (Fsp3) is 0.878. The fourth-order valence-electron chi connectivity index (χ4n) is 10.8. The van der Waals surface area contributed by atoms with Gasteiger partial charge in [-0.2, -0.15) is 0 Å². The van der Waals surface area contributed by atoms with Crippen LogP contribution in [0.3, 0.4) is 0 Å². The number of esters is 2. The molecule has 0 aliphatic carbocycles. The fourth-order valence-corrected chi connectivity index (χ4v) is 10.8. The van der Waals surface area contributed by atoms with E-state index in [0.29, 0.717) is 23.9 Å². The first-order chi connectivity index (χ1) is 40.6. The molecule has 0 aromatic rings. The van der Waals surface area contributed by atoms with Gasteiger partial charge in [0, 0.05) is 12.8 Å². The van der Waals surface area contributed by atoms with Gasteiger partial charge < -0.3 is 33.3 Å². The Morgan fingerprint density at radius 2 is 0.651 bits per heavy atom. The Kier molecular flexibility index (Phi) is 63.5. The quantitative estimate of drug-likeness (QED) is 0.0195. The summed E-state index contributed by atoms with van der Waals surface area (Å²) in [6, 6.07) is 0. The largest absolute Gasteiger partial charge is 0.545 e. The van der Waals surface area contributed by atoms with Crippen LogP contribution in [0.2, 0.25) is 0 Å². The molecular weight excluding hydrogens is 1030 g/mol. The van der Waals surface area contributed by atoms with Gasteiger partial charge in [-0.15, -0.1) is 0 Å². The molecule has 9 nitrogen and oxygen atoms in total. The highest BCUT2D eigenvalue weighted by Crippen LogP contribution is 2.19. The molecule has 0 saturated heterocycles. The maximum atomic E-state index is 12.9. The van der Waals surface area contributed by atoms with E-state index in [1.165, 1.54) is 276 Å². The number of aliphatic carboxylic acids is 1. The van der Waals surface area contributed by atoms with Crippen molar-refractivity contribution in [1.82, 2.24) is 0 Å². The number of rotatable bonds is 68. The SMILES string of the molecule is CCCCC/C=C\C/C=C\CCCCCCCCCCCC(=O)OC(COC(=O)CCCCCCCCCCCCCCCCCCCCCCCCCCCCC/C=C\CCCCCCCCCC)COC(OCC[N+](C)(C)C)C(=O)[O-]. The lowest BCUT2D eigenvalue weighted by molar-refractivity contribution is -0.870. The number of hydrogen-bond acceptors (Lipinski definition) is 8. The zero-order valence-electron chi connectivity index (χ0n) is 55.8. The van der Waals surface area contributed by atoms with E-state index >= 15 is 0 Å². The number of nitrogens with zero attached hydrogens (tertiary/aromatic N) is 1. The molecule has 0 N–H and O–H groups in total. The number of carbonyl (C=O) groups is 3. The highest BCUT2D eigenvalue weighted by molar-refractivity contribution is 5.70. The topological polar surface area (TPSA) is 111 Å². The van der Waals surface area contributed by atoms with Crippen LogP contribution in [0.5, 0.6) is 0 Å². The molecule has 0 saturated carbocycles. The van der Waals surface area contributed by atoms with Crippen molar-refractivity contribution in [3.63, 3.8) is 0 Å². The number of unbranched alkanes of at least 4 members (excludes halogenated alkanes) is 47. The van der Waals surface area contributed by atoms with Gasteiger partial charge in [0.1, 0.15) is 13.2 Å². The van der Waals surface area contributed by atoms with Crippen molar-refractivity contribution in [2.45, 2.75) is 373 Å². The molecule has 488 valence electrons. The van der Waals surface area contributed by atoms with Crippen molar-refractivity contribution >= 4 is 17.9 Å². The number of quaternary nitrogens is 1. The normalized spacial score (nSPS) is 12.8. The maximum Gasteiger partial charge on any atom is 0.306 e. The number of carboxylic acid groups (broad SMARTS) is 1. The molecule has 0 fully saturated rings. The lowest BCUT2D eigenvalue weighted by atomic mass is 10.0. The van der Waals surface area contributed by atoms with Gasteiger partial charge in [0.25, 0.3) is 0 Å². The van der Waals surface area contributed by atoms with Gasteiger partial charge in [0.15, 0.2) is 12.4 Å². The second kappa shape index (κ2) is 65.5. The minimum atomic E-state index is -1.62. The summed E-state index contributed by atoms with van der Waals surface area (Å²) in [5, 5.41) is 11.8. The molecule has 0 aromatic heterocycles. The van der Waals surface area contributed by atoms with Crippen molar-refractivity contribution in [3.05, 3.63) is 36.5 Å². The van der Waals surface area contributed by atoms with Crippen molar-refractivity contribution in [2.24, 2.45) is 0 Å². The average Bonchev–Trinajstić information content (AvgIpc) is 3.46. The first kappa shape index (κ1) is 80.5. The molecule has 2 atom stereocenters. The molecule has 0 radical (unpaired) electrons. The van der Waals surface area contributed by atoms with Gasteiger partial charge in [-0.05, 0) is 70.6 Å². The number of likely N-dealkylation sites (N-methyl/N-ethyl adjacent to an activating group) is 1. The van der Waals surface area contributed by atoms with Gasteiger partial charge in [-0.1, -0.05) is 314 Å². The molecule has 9 heteroatoms. The number of hydrogen-bond donors (Lipinski definition) is 0. The minimum absolute atomic E-state index is 0.149. The molecule has 0 spiro atoms. The van der Waals surface area contributed by atoms with Crippen molar-refractivity contribution in [3.8, 4) is 0 Å². The maximum absolute atomic E-state index is 12.9. The zero-order chi connectivity index (χ0) is 60.5. The van der Waals surface area contributed by atoms with Crippen molar-refractivity contribution in [1.29, 1.82) is 0 Å². The Hall–Kier alpha value is -2.49. The molecule has 0 amide bonds. The average molecular weight is 1170 g/mol. The second-order valence-corrected chi connectivity index (χ2v) is 25.9. The highest BCUT2D eigenvalue weighted by atomic mass is 16.7. The van der Waals surface area contributed by atoms with Crippen LogP contribution in [0, 0.1) is 0 Å². The third-order valence-corrected chi connectivity index (χ3v) is 16.4. The molecule has 0 bridgehead atoms. The first-order valence-electron chi connectivity index (χ1n) is 36.1. The lowest BCUT2D eigenvalue weighted by Gasteiger charge is -2.26. The van der Waals surface area contributed by atoms with Gasteiger partial charge >= 0.3 is 11.9 Å². The first-order valence-corrected chi connectivity index (χ1v) is 36.1. The van der Waals surface area contributed by atoms with E-state index in [1.54, 1.807) is 0 Å². The van der Waals surface area contributed by atoms with Crippen LogP contribution in [-0.2, 0) is 33.3 Å². The Balaban J connectivity index is 3.93. The summed E-state index contributed by atoms with van der Waals surface area (Å²) in [5.41, 5.74) is 0. The summed E-state index contributed by atoms with van der Waals surface area (Å²) in [5.74, 6) is -2.27. The van der Waals surface area contributed by atoms with E-state index in [-0.39, 0.29) is 32.2 Å². The van der Waals surface area contributed by atoms with Crippen LogP contribution < -0.4 is 5.11 Å². The number of allylic oxidation sites excluding steroid dienone is 6. The molecule has 0 aromatic carbocycles. The van der Waals surface area contributed by atoms with Crippen molar-refractivity contribution < 1.29 is 42.9 Å². The van der Waals surface area contributed by atoms with Gasteiger partial charge in [-0.3, -0.25) is 9.59 Å². The van der Waals surface area contributed by atoms with Crippen LogP contribution in [0.4, 0.5) is 0 Å². The molecule has 0 rings (SSSR count). The standard InChI is InChI=1S/C74H139NO8/c1-6-8-10-12-14-16-18-20-22-24-26-27-28-29-30-31-32-33-34-35-36-37-38-39-40-41-42-43-44-45-47-48-50-52-54-56-58-60-62-64-71(76)81-68-70(69-82-74(73(78)79)80-67-66-75(3,4)5)83-72(77)65-63-61-59-57-55-53-51-49-46-25-23-21-19-17-15-13-11-9-7-2/h15,17,21,23-24,26,70,74H,6-14,16,18-20,22,25,27-69H2,1-5H3/b17-15-,23-21-,26-24-. The predicted molar refractivity (Wildman–Crippen MR) is 353 cm³/mol. The van der Waals surface area contributed by atoms with Crippen LogP contribution in [-0.4, -0.2) is 82.3 Å². The van der Waals surface area contributed by atoms with Gasteiger partial charge in [0.2, 0.25) is 0 Å². The lowest BCUT2D eigenvalue weighted by Crippen LogP contribution is -2.44. The highest BCUT2D eigenvalue weighted by Gasteiger charge is 2.22. The van der Waals surface area contributed by atoms with E-state index in [4.69, 9.17) is 18.9 Å². The predicted octanol–water partition coefficient (Wildman–Crippen LogP) is 21.0. The Morgan fingerprint density at radius 1 is 0.361 bits per heavy atom. The Morgan fingerprint density at radius 3 is 0.988 bits per heavy atom. The third-order valence-electron chi connectivity index (χ3n) is 16.4. The Bertz CT molecular complexity index is 1450. The van der Waals surface area contributed by atoms with E-state index in [9.17, 15) is 19.5 Å². The molecule has 2 unspecified atom stereocenters. The van der Waals surface area contributed by atoms with E-state index in [1.807, 2.05) is 21.1 Å². The molecule has 0 heterocycles. The number of ether oxygens (including phenoxy) is 4. The van der Waals surface area contributed by atoms with Gasteiger partial charge in [0.05, 0.1) is 40.3 Å².